The van der Waals surface area contributed by atoms with Gasteiger partial charge >= 0.3 is 0 Å². The molecule has 1 aliphatic rings. The second kappa shape index (κ2) is 6.40. The van der Waals surface area contributed by atoms with Gasteiger partial charge in [0, 0.05) is 15.4 Å². The summed E-state index contributed by atoms with van der Waals surface area (Å²) in [5, 5.41) is 1.26. The molecule has 1 heterocycles. The van der Waals surface area contributed by atoms with E-state index in [1.54, 1.807) is 0 Å². The van der Waals surface area contributed by atoms with Crippen molar-refractivity contribution in [2.24, 2.45) is 0 Å². The van der Waals surface area contributed by atoms with E-state index in [0.717, 1.165) is 21.2 Å². The maximum Gasteiger partial charge on any atom is 0.0722 e. The van der Waals surface area contributed by atoms with E-state index in [-0.39, 0.29) is 0 Å². The number of hydrogen-bond acceptors (Lipinski definition) is 1. The van der Waals surface area contributed by atoms with Gasteiger partial charge in [-0.2, -0.15) is 0 Å². The summed E-state index contributed by atoms with van der Waals surface area (Å²) in [7, 11) is 0. The molecule has 0 radical (unpaired) electrons. The third kappa shape index (κ3) is 2.64. The lowest BCUT2D eigenvalue weighted by Gasteiger charge is -2.09. The molecule has 0 saturated heterocycles. The van der Waals surface area contributed by atoms with Gasteiger partial charge in [0.2, 0.25) is 0 Å². The molecule has 0 unspecified atom stereocenters. The molecule has 0 amide bonds. The number of halogens is 1. The van der Waals surface area contributed by atoms with Crippen LogP contribution >= 0.6 is 15.9 Å². The molecule has 6 rings (SSSR count). The average molecular weight is 434 g/mol. The molecule has 2 heteroatoms. The lowest BCUT2D eigenvalue weighted by atomic mass is 9.99. The summed E-state index contributed by atoms with van der Waals surface area (Å²) in [6.07, 6.45) is 0. The van der Waals surface area contributed by atoms with Crippen LogP contribution in [0.25, 0.3) is 55.5 Å². The molecular formula is C27H16BrN. The van der Waals surface area contributed by atoms with E-state index < -0.39 is 0 Å². The van der Waals surface area contributed by atoms with Gasteiger partial charge in [-0.15, -0.1) is 0 Å². The minimum atomic E-state index is 1.01. The molecule has 0 spiro atoms. The molecule has 1 aliphatic carbocycles. The summed E-state index contributed by atoms with van der Waals surface area (Å²) >= 11 is 3.58. The highest BCUT2D eigenvalue weighted by Gasteiger charge is 2.22. The Hall–Kier alpha value is -3.23. The van der Waals surface area contributed by atoms with E-state index >= 15 is 0 Å². The zero-order valence-corrected chi connectivity index (χ0v) is 17.1. The van der Waals surface area contributed by atoms with E-state index in [0.29, 0.717) is 0 Å². The van der Waals surface area contributed by atoms with Gasteiger partial charge < -0.3 is 0 Å². The third-order valence-corrected chi connectivity index (χ3v) is 6.15. The first kappa shape index (κ1) is 16.7. The highest BCUT2D eigenvalue weighted by Crippen LogP contribution is 2.47. The number of rotatable bonds is 2. The lowest BCUT2D eigenvalue weighted by Crippen LogP contribution is -1.88. The number of benzene rings is 4. The molecule has 0 aliphatic heterocycles. The minimum Gasteiger partial charge on any atom is -0.248 e. The fourth-order valence-electron chi connectivity index (χ4n) is 4.35. The van der Waals surface area contributed by atoms with Gasteiger partial charge in [0.15, 0.2) is 0 Å². The van der Waals surface area contributed by atoms with Crippen molar-refractivity contribution in [3.8, 4) is 44.6 Å². The van der Waals surface area contributed by atoms with Crippen molar-refractivity contribution in [2.45, 2.75) is 0 Å². The number of fused-ring (bicyclic) bond motifs is 3. The Bertz CT molecular complexity index is 1420. The molecule has 1 nitrogen and oxygen atoms in total. The van der Waals surface area contributed by atoms with Crippen LogP contribution in [0.15, 0.2) is 102 Å². The van der Waals surface area contributed by atoms with E-state index in [9.17, 15) is 0 Å². The molecule has 0 atom stereocenters. The van der Waals surface area contributed by atoms with Crippen molar-refractivity contribution in [2.75, 3.05) is 0 Å². The number of pyridine rings is 1. The van der Waals surface area contributed by atoms with Crippen molar-refractivity contribution < 1.29 is 0 Å². The monoisotopic (exact) mass is 433 g/mol. The van der Waals surface area contributed by atoms with Crippen molar-refractivity contribution in [3.63, 3.8) is 0 Å². The molecule has 5 aromatic rings. The standard InChI is InChI=1S/C27H16BrN/c28-20-9-4-7-18(15-20)17-6-3-8-19(14-17)26-16-24-22-11-2-1-10-21(22)23-12-5-13-25(29-26)27(23)24/h1-16H. The van der Waals surface area contributed by atoms with Gasteiger partial charge in [-0.3, -0.25) is 0 Å². The van der Waals surface area contributed by atoms with Crippen molar-refractivity contribution in [1.29, 1.82) is 0 Å². The number of nitrogens with zero attached hydrogens (tertiary/aromatic N) is 1. The Morgan fingerprint density at radius 2 is 1.17 bits per heavy atom. The summed E-state index contributed by atoms with van der Waals surface area (Å²) in [6.45, 7) is 0. The first-order valence-corrected chi connectivity index (χ1v) is 10.5. The summed E-state index contributed by atoms with van der Waals surface area (Å²) < 4.78 is 1.08. The largest absolute Gasteiger partial charge is 0.248 e. The normalized spacial score (nSPS) is 11.6. The second-order valence-corrected chi connectivity index (χ2v) is 8.31. The van der Waals surface area contributed by atoms with Crippen LogP contribution in [0.1, 0.15) is 0 Å². The van der Waals surface area contributed by atoms with Crippen molar-refractivity contribution in [1.82, 2.24) is 4.98 Å². The molecule has 0 bridgehead atoms. The molecule has 1 aromatic heterocycles. The molecule has 4 aromatic carbocycles. The van der Waals surface area contributed by atoms with Crippen LogP contribution in [-0.2, 0) is 0 Å². The number of hydrogen-bond donors (Lipinski definition) is 0. The van der Waals surface area contributed by atoms with Gasteiger partial charge in [0.05, 0.1) is 11.2 Å². The highest BCUT2D eigenvalue weighted by atomic mass is 79.9. The topological polar surface area (TPSA) is 12.9 Å². The van der Waals surface area contributed by atoms with Gasteiger partial charge in [0.25, 0.3) is 0 Å². The summed E-state index contributed by atoms with van der Waals surface area (Å²) in [4.78, 5) is 5.03. The summed E-state index contributed by atoms with van der Waals surface area (Å²) in [5.41, 5.74) is 10.8. The quantitative estimate of drug-likeness (QED) is 0.269. The fraction of sp³-hybridized carbons (Fsp3) is 0. The average Bonchev–Trinajstić information content (AvgIpc) is 3.09. The minimum absolute atomic E-state index is 1.01. The Morgan fingerprint density at radius 1 is 0.517 bits per heavy atom. The molecule has 0 N–H and O–H groups in total. The Labute approximate surface area is 177 Å². The fourth-order valence-corrected chi connectivity index (χ4v) is 4.75. The van der Waals surface area contributed by atoms with Crippen LogP contribution in [0.3, 0.4) is 0 Å². The van der Waals surface area contributed by atoms with Gasteiger partial charge in [-0.05, 0) is 63.7 Å². The van der Waals surface area contributed by atoms with Crippen LogP contribution < -0.4 is 0 Å². The van der Waals surface area contributed by atoms with Gasteiger partial charge in [0.1, 0.15) is 0 Å². The van der Waals surface area contributed by atoms with Crippen LogP contribution in [0.5, 0.6) is 0 Å². The SMILES string of the molecule is Brc1cccc(-c2cccc(-c3cc4c5c(cccc5n3)-c3ccccc3-4)c2)c1. The van der Waals surface area contributed by atoms with E-state index in [1.165, 1.54) is 38.8 Å². The van der Waals surface area contributed by atoms with Crippen molar-refractivity contribution >= 4 is 26.8 Å². The van der Waals surface area contributed by atoms with E-state index in [4.69, 9.17) is 4.98 Å². The molecule has 0 saturated carbocycles. The zero-order valence-electron chi connectivity index (χ0n) is 15.6. The van der Waals surface area contributed by atoms with E-state index in [2.05, 4.69) is 113 Å². The molecule has 0 fully saturated rings. The first-order chi connectivity index (χ1) is 14.3. The van der Waals surface area contributed by atoms with Crippen LogP contribution in [0, 0.1) is 0 Å². The first-order valence-electron chi connectivity index (χ1n) is 9.68. The predicted molar refractivity (Wildman–Crippen MR) is 125 cm³/mol. The third-order valence-electron chi connectivity index (χ3n) is 5.66. The molecule has 136 valence electrons. The maximum absolute atomic E-state index is 5.03. The van der Waals surface area contributed by atoms with Crippen LogP contribution in [-0.4, -0.2) is 4.98 Å². The van der Waals surface area contributed by atoms with E-state index in [1.807, 2.05) is 0 Å². The number of aromatic nitrogens is 1. The smallest absolute Gasteiger partial charge is 0.0722 e. The van der Waals surface area contributed by atoms with Gasteiger partial charge in [-0.25, -0.2) is 4.98 Å². The Balaban J connectivity index is 1.56. The predicted octanol–water partition coefficient (Wildman–Crippen LogP) is 7.98. The molecular weight excluding hydrogens is 418 g/mol. The Kier molecular flexibility index (Phi) is 3.68. The lowest BCUT2D eigenvalue weighted by molar-refractivity contribution is 1.40. The van der Waals surface area contributed by atoms with Crippen LogP contribution in [0.4, 0.5) is 0 Å². The maximum atomic E-state index is 5.03. The highest BCUT2D eigenvalue weighted by molar-refractivity contribution is 9.10. The molecule has 29 heavy (non-hydrogen) atoms. The summed E-state index contributed by atoms with van der Waals surface area (Å²) in [6, 6.07) is 34.4. The van der Waals surface area contributed by atoms with Crippen molar-refractivity contribution in [3.05, 3.63) is 102 Å². The van der Waals surface area contributed by atoms with Gasteiger partial charge in [-0.1, -0.05) is 82.7 Å². The Morgan fingerprint density at radius 3 is 2.00 bits per heavy atom. The summed E-state index contributed by atoms with van der Waals surface area (Å²) in [5.74, 6) is 0. The van der Waals surface area contributed by atoms with Crippen LogP contribution in [0.2, 0.25) is 0 Å². The second-order valence-electron chi connectivity index (χ2n) is 7.39. The zero-order chi connectivity index (χ0) is 19.4.